The minimum Gasteiger partial charge on any atom is -0.481 e. The van der Waals surface area contributed by atoms with Gasteiger partial charge in [-0.25, -0.2) is 4.79 Å². The molecule has 2 N–H and O–H groups in total. The van der Waals surface area contributed by atoms with E-state index < -0.39 is 11.4 Å². The third kappa shape index (κ3) is 3.53. The monoisotopic (exact) mass is 295 g/mol. The average molecular weight is 295 g/mol. The number of urea groups is 1. The summed E-state index contributed by atoms with van der Waals surface area (Å²) in [6, 6.07) is 1.49. The van der Waals surface area contributed by atoms with E-state index in [1.54, 1.807) is 11.0 Å². The van der Waals surface area contributed by atoms with Crippen molar-refractivity contribution in [2.45, 2.75) is 39.2 Å². The Morgan fingerprint density at radius 3 is 2.71 bits per heavy atom. The lowest BCUT2D eigenvalue weighted by molar-refractivity contribution is -0.152. The molecule has 2 amide bonds. The van der Waals surface area contributed by atoms with Gasteiger partial charge < -0.3 is 19.8 Å². The molecule has 0 aromatic carbocycles. The molecule has 0 bridgehead atoms. The number of rotatable bonds is 5. The van der Waals surface area contributed by atoms with Crippen LogP contribution in [0.2, 0.25) is 0 Å². The Morgan fingerprint density at radius 1 is 1.48 bits per heavy atom. The van der Waals surface area contributed by atoms with Gasteiger partial charge >= 0.3 is 12.0 Å². The maximum Gasteiger partial charge on any atom is 0.317 e. The Bertz CT molecular complexity index is 478. The topological polar surface area (TPSA) is 95.7 Å². The fourth-order valence-corrected chi connectivity index (χ4v) is 2.80. The van der Waals surface area contributed by atoms with Crippen molar-refractivity contribution in [3.63, 3.8) is 0 Å². The van der Waals surface area contributed by atoms with Crippen molar-refractivity contribution in [3.8, 4) is 0 Å². The average Bonchev–Trinajstić information content (AvgIpc) is 2.99. The second kappa shape index (κ2) is 6.60. The summed E-state index contributed by atoms with van der Waals surface area (Å²) in [7, 11) is 0. The van der Waals surface area contributed by atoms with Gasteiger partial charge in [-0.1, -0.05) is 18.5 Å². The van der Waals surface area contributed by atoms with Crippen LogP contribution < -0.4 is 5.32 Å². The quantitative estimate of drug-likeness (QED) is 0.864. The Hall–Kier alpha value is -2.05. The molecule has 0 unspecified atom stereocenters. The number of likely N-dealkylation sites (tertiary alicyclic amines) is 1. The number of aromatic nitrogens is 1. The molecule has 116 valence electrons. The van der Waals surface area contributed by atoms with E-state index in [0.29, 0.717) is 38.1 Å². The molecule has 1 aliphatic heterocycles. The third-order valence-electron chi connectivity index (χ3n) is 4.10. The van der Waals surface area contributed by atoms with E-state index >= 15 is 0 Å². The van der Waals surface area contributed by atoms with Crippen LogP contribution in [0.3, 0.4) is 0 Å². The number of carboxylic acid groups (broad SMARTS) is 1. The third-order valence-corrected chi connectivity index (χ3v) is 4.10. The molecule has 7 heteroatoms. The summed E-state index contributed by atoms with van der Waals surface area (Å²) < 4.78 is 4.91. The first-order valence-corrected chi connectivity index (χ1v) is 7.23. The SMILES string of the molecule is CCCC1(C(=O)O)CCN(C(=O)NCc2ccno2)CC1. The minimum absolute atomic E-state index is 0.193. The number of piperidine rings is 1. The van der Waals surface area contributed by atoms with Crippen molar-refractivity contribution in [1.29, 1.82) is 0 Å². The van der Waals surface area contributed by atoms with E-state index in [9.17, 15) is 14.7 Å². The number of amides is 2. The molecule has 7 nitrogen and oxygen atoms in total. The first-order chi connectivity index (χ1) is 10.1. The van der Waals surface area contributed by atoms with Gasteiger partial charge in [0.15, 0.2) is 5.76 Å². The molecule has 1 aliphatic rings. The Kier molecular flexibility index (Phi) is 4.82. The zero-order chi connectivity index (χ0) is 15.3. The highest BCUT2D eigenvalue weighted by Crippen LogP contribution is 2.36. The zero-order valence-electron chi connectivity index (χ0n) is 12.2. The number of nitrogens with zero attached hydrogens (tertiary/aromatic N) is 2. The van der Waals surface area contributed by atoms with Gasteiger partial charge in [-0.2, -0.15) is 0 Å². The van der Waals surface area contributed by atoms with Gasteiger partial charge in [0.2, 0.25) is 0 Å². The van der Waals surface area contributed by atoms with E-state index in [1.165, 1.54) is 6.20 Å². The number of hydrogen-bond donors (Lipinski definition) is 2. The predicted molar refractivity (Wildman–Crippen MR) is 74.5 cm³/mol. The Labute approximate surface area is 123 Å². The summed E-state index contributed by atoms with van der Waals surface area (Å²) in [4.78, 5) is 25.2. The largest absolute Gasteiger partial charge is 0.481 e. The fraction of sp³-hybridized carbons (Fsp3) is 0.643. The molecule has 2 rings (SSSR count). The van der Waals surface area contributed by atoms with Crippen LogP contribution in [0, 0.1) is 5.41 Å². The number of aliphatic carboxylic acids is 1. The Morgan fingerprint density at radius 2 is 2.19 bits per heavy atom. The fourth-order valence-electron chi connectivity index (χ4n) is 2.80. The van der Waals surface area contributed by atoms with E-state index in [0.717, 1.165) is 6.42 Å². The number of hydrogen-bond acceptors (Lipinski definition) is 4. The molecule has 1 aromatic heterocycles. The standard InChI is InChI=1S/C14H21N3O4/c1-2-4-14(12(18)19)5-8-17(9-6-14)13(20)15-10-11-3-7-16-21-11/h3,7H,2,4-6,8-10H2,1H3,(H,15,20)(H,18,19). The van der Waals surface area contributed by atoms with E-state index in [-0.39, 0.29) is 12.6 Å². The maximum absolute atomic E-state index is 12.0. The highest BCUT2D eigenvalue weighted by molar-refractivity contribution is 5.77. The van der Waals surface area contributed by atoms with Gasteiger partial charge in [-0.15, -0.1) is 0 Å². The van der Waals surface area contributed by atoms with Crippen LogP contribution in [0.15, 0.2) is 16.8 Å². The van der Waals surface area contributed by atoms with Crippen molar-refractivity contribution in [3.05, 3.63) is 18.0 Å². The van der Waals surface area contributed by atoms with Gasteiger partial charge in [-0.3, -0.25) is 4.79 Å². The number of nitrogens with one attached hydrogen (secondary N) is 1. The van der Waals surface area contributed by atoms with E-state index in [1.807, 2.05) is 6.92 Å². The second-order valence-corrected chi connectivity index (χ2v) is 5.46. The molecule has 0 aliphatic carbocycles. The van der Waals surface area contributed by atoms with Crippen LogP contribution in [0.5, 0.6) is 0 Å². The van der Waals surface area contributed by atoms with Crippen molar-refractivity contribution in [2.24, 2.45) is 5.41 Å². The van der Waals surface area contributed by atoms with Gasteiger partial charge in [-0.05, 0) is 19.3 Å². The van der Waals surface area contributed by atoms with Crippen LogP contribution in [-0.4, -0.2) is 40.3 Å². The summed E-state index contributed by atoms with van der Waals surface area (Å²) in [5, 5.41) is 15.8. The predicted octanol–water partition coefficient (Wildman–Crippen LogP) is 1.85. The Balaban J connectivity index is 1.85. The summed E-state index contributed by atoms with van der Waals surface area (Å²) in [6.45, 7) is 3.21. The molecule has 1 saturated heterocycles. The lowest BCUT2D eigenvalue weighted by Gasteiger charge is -2.38. The van der Waals surface area contributed by atoms with Gasteiger partial charge in [0, 0.05) is 19.2 Å². The van der Waals surface area contributed by atoms with Crippen molar-refractivity contribution in [1.82, 2.24) is 15.4 Å². The lowest BCUT2D eigenvalue weighted by Crippen LogP contribution is -2.49. The molecule has 1 fully saturated rings. The molecule has 21 heavy (non-hydrogen) atoms. The van der Waals surface area contributed by atoms with Crippen LogP contribution >= 0.6 is 0 Å². The molecular formula is C14H21N3O4. The molecule has 0 radical (unpaired) electrons. The smallest absolute Gasteiger partial charge is 0.317 e. The number of carbonyl (C=O) groups is 2. The molecule has 0 spiro atoms. The van der Waals surface area contributed by atoms with E-state index in [2.05, 4.69) is 10.5 Å². The molecule has 1 aromatic rings. The number of carboxylic acids is 1. The van der Waals surface area contributed by atoms with Crippen LogP contribution in [0.4, 0.5) is 4.79 Å². The maximum atomic E-state index is 12.0. The molecular weight excluding hydrogens is 274 g/mol. The van der Waals surface area contributed by atoms with Crippen molar-refractivity contribution in [2.75, 3.05) is 13.1 Å². The highest BCUT2D eigenvalue weighted by Gasteiger charge is 2.41. The van der Waals surface area contributed by atoms with Crippen LogP contribution in [-0.2, 0) is 11.3 Å². The zero-order valence-corrected chi connectivity index (χ0v) is 12.2. The van der Waals surface area contributed by atoms with Gasteiger partial charge in [0.1, 0.15) is 0 Å². The van der Waals surface area contributed by atoms with Gasteiger partial charge in [0.05, 0.1) is 18.2 Å². The lowest BCUT2D eigenvalue weighted by atomic mass is 9.75. The molecule has 2 heterocycles. The second-order valence-electron chi connectivity index (χ2n) is 5.46. The highest BCUT2D eigenvalue weighted by atomic mass is 16.5. The first kappa shape index (κ1) is 15.3. The summed E-state index contributed by atoms with van der Waals surface area (Å²) in [5.74, 6) is -0.155. The first-order valence-electron chi connectivity index (χ1n) is 7.23. The van der Waals surface area contributed by atoms with E-state index in [4.69, 9.17) is 4.52 Å². The number of carbonyl (C=O) groups excluding carboxylic acids is 1. The van der Waals surface area contributed by atoms with Crippen molar-refractivity contribution >= 4 is 12.0 Å². The van der Waals surface area contributed by atoms with Crippen LogP contribution in [0.25, 0.3) is 0 Å². The van der Waals surface area contributed by atoms with Crippen LogP contribution in [0.1, 0.15) is 38.4 Å². The summed E-state index contributed by atoms with van der Waals surface area (Å²) >= 11 is 0. The summed E-state index contributed by atoms with van der Waals surface area (Å²) in [5.41, 5.74) is -0.670. The minimum atomic E-state index is -0.744. The summed E-state index contributed by atoms with van der Waals surface area (Å²) in [6.07, 6.45) is 4.03. The van der Waals surface area contributed by atoms with Crippen molar-refractivity contribution < 1.29 is 19.2 Å². The normalized spacial score (nSPS) is 17.5. The molecule has 0 saturated carbocycles. The van der Waals surface area contributed by atoms with Gasteiger partial charge in [0.25, 0.3) is 0 Å². The molecule has 0 atom stereocenters.